The Hall–Kier alpha value is -0.150. The summed E-state index contributed by atoms with van der Waals surface area (Å²) in [5.41, 5.74) is 1.98. The minimum atomic E-state index is -0.0220. The van der Waals surface area contributed by atoms with Gasteiger partial charge in [-0.05, 0) is 18.4 Å². The molecule has 0 spiro atoms. The van der Waals surface area contributed by atoms with Crippen molar-refractivity contribution in [3.8, 4) is 0 Å². The molecule has 1 aliphatic rings. The second-order valence-electron chi connectivity index (χ2n) is 3.46. The van der Waals surface area contributed by atoms with E-state index >= 15 is 0 Å². The fourth-order valence-electron chi connectivity index (χ4n) is 1.74. The summed E-state index contributed by atoms with van der Waals surface area (Å²) in [6.45, 7) is 0. The Morgan fingerprint density at radius 1 is 1.07 bits per heavy atom. The summed E-state index contributed by atoms with van der Waals surface area (Å²) in [6, 6.07) is 7.83. The molecule has 0 N–H and O–H groups in total. The van der Waals surface area contributed by atoms with Crippen LogP contribution in [0.3, 0.4) is 0 Å². The van der Waals surface area contributed by atoms with E-state index in [4.69, 9.17) is 0 Å². The van der Waals surface area contributed by atoms with Crippen LogP contribution < -0.4 is 0 Å². The first-order valence-electron chi connectivity index (χ1n) is 4.61. The fourth-order valence-corrected chi connectivity index (χ4v) is 2.92. The van der Waals surface area contributed by atoms with Gasteiger partial charge in [0.05, 0.1) is 4.83 Å². The van der Waals surface area contributed by atoms with Crippen molar-refractivity contribution in [2.24, 2.45) is 0 Å². The van der Waals surface area contributed by atoms with Gasteiger partial charge in [-0.1, -0.05) is 56.1 Å². The first-order chi connectivity index (χ1) is 6.70. The summed E-state index contributed by atoms with van der Waals surface area (Å²) >= 11 is 7.05. The molecule has 0 aliphatic heterocycles. The molecule has 2 unspecified atom stereocenters. The number of ketones is 1. The van der Waals surface area contributed by atoms with Crippen molar-refractivity contribution in [3.05, 3.63) is 35.4 Å². The first kappa shape index (κ1) is 10.4. The lowest BCUT2D eigenvalue weighted by atomic mass is 10.0. The minimum Gasteiger partial charge on any atom is -0.293 e. The van der Waals surface area contributed by atoms with E-state index in [-0.39, 0.29) is 10.6 Å². The molecule has 0 saturated heterocycles. The summed E-state index contributed by atoms with van der Waals surface area (Å²) in [6.07, 6.45) is 1.89. The van der Waals surface area contributed by atoms with E-state index in [0.717, 1.165) is 24.0 Å². The lowest BCUT2D eigenvalue weighted by Crippen LogP contribution is -2.12. The Labute approximate surface area is 100 Å². The molecular weight excluding hydrogens is 308 g/mol. The molecule has 0 radical (unpaired) electrons. The SMILES string of the molecule is O=C1c2ccccc2C(Br)CCC1Br. The molecular formula is C11H10Br2O. The van der Waals surface area contributed by atoms with Gasteiger partial charge < -0.3 is 0 Å². The lowest BCUT2D eigenvalue weighted by molar-refractivity contribution is 0.0990. The lowest BCUT2D eigenvalue weighted by Gasteiger charge is -2.08. The molecule has 14 heavy (non-hydrogen) atoms. The topological polar surface area (TPSA) is 17.1 Å². The van der Waals surface area contributed by atoms with Gasteiger partial charge in [0.15, 0.2) is 5.78 Å². The fraction of sp³-hybridized carbons (Fsp3) is 0.364. The Bertz CT molecular complexity index is 362. The number of Topliss-reactive ketones (excluding diaryl/α,β-unsaturated/α-hetero) is 1. The van der Waals surface area contributed by atoms with Gasteiger partial charge in [0.25, 0.3) is 0 Å². The Balaban J connectivity index is 2.51. The number of halogens is 2. The van der Waals surface area contributed by atoms with Gasteiger partial charge in [-0.3, -0.25) is 4.79 Å². The number of hydrogen-bond donors (Lipinski definition) is 0. The smallest absolute Gasteiger partial charge is 0.176 e. The summed E-state index contributed by atoms with van der Waals surface area (Å²) in [7, 11) is 0. The van der Waals surface area contributed by atoms with Gasteiger partial charge >= 0.3 is 0 Å². The van der Waals surface area contributed by atoms with E-state index in [9.17, 15) is 4.79 Å². The Kier molecular flexibility index (Phi) is 3.07. The summed E-state index contributed by atoms with van der Waals surface area (Å²) in [5, 5.41) is 0. The molecule has 0 fully saturated rings. The third kappa shape index (κ3) is 1.80. The molecule has 0 amide bonds. The van der Waals surface area contributed by atoms with Crippen LogP contribution in [0.1, 0.15) is 33.6 Å². The van der Waals surface area contributed by atoms with E-state index < -0.39 is 0 Å². The van der Waals surface area contributed by atoms with Crippen LogP contribution in [0.5, 0.6) is 0 Å². The number of fused-ring (bicyclic) bond motifs is 1. The second-order valence-corrected chi connectivity index (χ2v) is 5.67. The maximum Gasteiger partial charge on any atom is 0.176 e. The van der Waals surface area contributed by atoms with Crippen molar-refractivity contribution < 1.29 is 4.79 Å². The van der Waals surface area contributed by atoms with Crippen molar-refractivity contribution in [1.29, 1.82) is 0 Å². The van der Waals surface area contributed by atoms with Crippen molar-refractivity contribution in [2.45, 2.75) is 22.5 Å². The van der Waals surface area contributed by atoms with Crippen molar-refractivity contribution >= 4 is 37.6 Å². The van der Waals surface area contributed by atoms with Crippen LogP contribution in [0.2, 0.25) is 0 Å². The van der Waals surface area contributed by atoms with Gasteiger partial charge in [-0.25, -0.2) is 0 Å². The number of hydrogen-bond acceptors (Lipinski definition) is 1. The van der Waals surface area contributed by atoms with Gasteiger partial charge in [-0.2, -0.15) is 0 Å². The third-order valence-electron chi connectivity index (χ3n) is 2.52. The van der Waals surface area contributed by atoms with Crippen LogP contribution in [0.15, 0.2) is 24.3 Å². The van der Waals surface area contributed by atoms with E-state index in [1.807, 2.05) is 24.3 Å². The van der Waals surface area contributed by atoms with Crippen molar-refractivity contribution in [1.82, 2.24) is 0 Å². The average molecular weight is 318 g/mol. The number of carbonyl (C=O) groups excluding carboxylic acids is 1. The molecule has 1 aromatic rings. The molecule has 0 heterocycles. The Morgan fingerprint density at radius 2 is 1.71 bits per heavy atom. The maximum atomic E-state index is 11.9. The molecule has 0 saturated carbocycles. The van der Waals surface area contributed by atoms with Crippen molar-refractivity contribution in [2.75, 3.05) is 0 Å². The highest BCUT2D eigenvalue weighted by Crippen LogP contribution is 2.36. The highest BCUT2D eigenvalue weighted by atomic mass is 79.9. The summed E-state index contributed by atoms with van der Waals surface area (Å²) < 4.78 is 0. The molecule has 1 aromatic carbocycles. The van der Waals surface area contributed by atoms with E-state index in [1.54, 1.807) is 0 Å². The second kappa shape index (κ2) is 4.15. The highest BCUT2D eigenvalue weighted by Gasteiger charge is 2.26. The highest BCUT2D eigenvalue weighted by molar-refractivity contribution is 9.10. The van der Waals surface area contributed by atoms with E-state index in [0.29, 0.717) is 4.83 Å². The Morgan fingerprint density at radius 3 is 2.50 bits per heavy atom. The predicted molar refractivity (Wildman–Crippen MR) is 64.4 cm³/mol. The van der Waals surface area contributed by atoms with E-state index in [1.165, 1.54) is 0 Å². The minimum absolute atomic E-state index is 0.0220. The van der Waals surface area contributed by atoms with Gasteiger partial charge in [-0.15, -0.1) is 0 Å². The molecule has 74 valence electrons. The quantitative estimate of drug-likeness (QED) is 0.524. The predicted octanol–water partition coefficient (Wildman–Crippen LogP) is 3.86. The molecule has 3 heteroatoms. The monoisotopic (exact) mass is 316 g/mol. The van der Waals surface area contributed by atoms with Crippen LogP contribution in [0.25, 0.3) is 0 Å². The number of carbonyl (C=O) groups is 1. The molecule has 0 aromatic heterocycles. The van der Waals surface area contributed by atoms with Crippen LogP contribution in [0, 0.1) is 0 Å². The zero-order valence-corrected chi connectivity index (χ0v) is 10.7. The molecule has 1 aliphatic carbocycles. The molecule has 1 nitrogen and oxygen atoms in total. The average Bonchev–Trinajstić information content (AvgIpc) is 2.33. The van der Waals surface area contributed by atoms with Crippen LogP contribution in [-0.4, -0.2) is 10.6 Å². The third-order valence-corrected chi connectivity index (χ3v) is 4.35. The van der Waals surface area contributed by atoms with Crippen LogP contribution in [-0.2, 0) is 0 Å². The van der Waals surface area contributed by atoms with E-state index in [2.05, 4.69) is 31.9 Å². The van der Waals surface area contributed by atoms with Gasteiger partial charge in [0, 0.05) is 10.4 Å². The normalized spacial score (nSPS) is 26.9. The molecule has 2 atom stereocenters. The van der Waals surface area contributed by atoms with Crippen LogP contribution in [0.4, 0.5) is 0 Å². The van der Waals surface area contributed by atoms with Gasteiger partial charge in [0.2, 0.25) is 0 Å². The van der Waals surface area contributed by atoms with Gasteiger partial charge in [0.1, 0.15) is 0 Å². The zero-order valence-electron chi connectivity index (χ0n) is 7.54. The maximum absolute atomic E-state index is 11.9. The van der Waals surface area contributed by atoms with Crippen LogP contribution >= 0.6 is 31.9 Å². The summed E-state index contributed by atoms with van der Waals surface area (Å²) in [4.78, 5) is 12.2. The van der Waals surface area contributed by atoms with Crippen molar-refractivity contribution in [3.63, 3.8) is 0 Å². The zero-order chi connectivity index (χ0) is 10.1. The number of benzene rings is 1. The molecule has 2 rings (SSSR count). The summed E-state index contributed by atoms with van der Waals surface area (Å²) in [5.74, 6) is 0.211. The number of alkyl halides is 2. The first-order valence-corrected chi connectivity index (χ1v) is 6.44. The largest absolute Gasteiger partial charge is 0.293 e. The molecule has 0 bridgehead atoms. The standard InChI is InChI=1S/C11H10Br2O/c12-9-5-6-10(13)11(14)8-4-2-1-3-7(8)9/h1-4,9-10H,5-6H2. The number of rotatable bonds is 0.